The van der Waals surface area contributed by atoms with E-state index in [4.69, 9.17) is 4.74 Å². The van der Waals surface area contributed by atoms with E-state index in [9.17, 15) is 4.39 Å². The second-order valence-corrected chi connectivity index (χ2v) is 9.26. The van der Waals surface area contributed by atoms with Gasteiger partial charge in [0, 0.05) is 37.2 Å². The van der Waals surface area contributed by atoms with Crippen molar-refractivity contribution in [3.05, 3.63) is 65.9 Å². The summed E-state index contributed by atoms with van der Waals surface area (Å²) in [5, 5.41) is 7.62. The molecule has 9 nitrogen and oxygen atoms in total. The summed E-state index contributed by atoms with van der Waals surface area (Å²) in [4.78, 5) is 17.0. The van der Waals surface area contributed by atoms with Crippen LogP contribution in [0.3, 0.4) is 0 Å². The molecular formula is C28H37FN8O. The first kappa shape index (κ1) is 27.4. The molecule has 1 aromatic carbocycles. The van der Waals surface area contributed by atoms with Crippen LogP contribution in [0.2, 0.25) is 0 Å². The number of benzene rings is 1. The topological polar surface area (TPSA) is 90.8 Å². The van der Waals surface area contributed by atoms with E-state index in [1.165, 1.54) is 24.8 Å². The summed E-state index contributed by atoms with van der Waals surface area (Å²) >= 11 is 0. The molecule has 38 heavy (non-hydrogen) atoms. The lowest BCUT2D eigenvalue weighted by atomic mass is 10.1. The lowest BCUT2D eigenvalue weighted by molar-refractivity contribution is 0.122. The van der Waals surface area contributed by atoms with Gasteiger partial charge >= 0.3 is 0 Å². The number of hydrazone groups is 1. The molecule has 3 heterocycles. The lowest BCUT2D eigenvalue weighted by Gasteiger charge is -2.27. The zero-order valence-electron chi connectivity index (χ0n) is 22.2. The zero-order chi connectivity index (χ0) is 26.6. The highest BCUT2D eigenvalue weighted by molar-refractivity contribution is 5.79. The first-order valence-electron chi connectivity index (χ1n) is 13.3. The third-order valence-electron chi connectivity index (χ3n) is 6.20. The van der Waals surface area contributed by atoms with Crippen LogP contribution in [-0.2, 0) is 11.3 Å². The van der Waals surface area contributed by atoms with Crippen molar-refractivity contribution >= 4 is 29.4 Å². The Kier molecular flexibility index (Phi) is 10.3. The Hall–Kier alpha value is -3.63. The Morgan fingerprint density at radius 2 is 1.87 bits per heavy atom. The van der Waals surface area contributed by atoms with E-state index in [1.807, 2.05) is 17.0 Å². The molecule has 3 aromatic rings. The minimum Gasteiger partial charge on any atom is -0.378 e. The lowest BCUT2D eigenvalue weighted by Crippen LogP contribution is -2.37. The standard InChI is InChI=1S/C28H37FN8O/c1-3-5-13-36(12-4-2)21-22-6-8-23(9-7-22)33-24-10-11-30-25(18-24)19-32-35-28-31-20-26(29)27(34-28)37-14-16-38-17-15-37/h6-11,18-20H,3-5,12-17,21H2,1-2H3,(H,30,33)(H,31,34,35)/b32-19+. The molecule has 10 heteroatoms. The van der Waals surface area contributed by atoms with Gasteiger partial charge in [0.15, 0.2) is 11.6 Å². The average molecular weight is 521 g/mol. The average Bonchev–Trinajstić information content (AvgIpc) is 2.94. The van der Waals surface area contributed by atoms with Gasteiger partial charge in [0.1, 0.15) is 0 Å². The van der Waals surface area contributed by atoms with Crippen LogP contribution in [0.1, 0.15) is 44.4 Å². The van der Waals surface area contributed by atoms with Crippen LogP contribution in [0.15, 0.2) is 53.9 Å². The third kappa shape index (κ3) is 8.19. The van der Waals surface area contributed by atoms with E-state index in [0.29, 0.717) is 32.0 Å². The van der Waals surface area contributed by atoms with Gasteiger partial charge in [-0.15, -0.1) is 0 Å². The number of hydrogen-bond acceptors (Lipinski definition) is 9. The molecular weight excluding hydrogens is 483 g/mol. The third-order valence-corrected chi connectivity index (χ3v) is 6.20. The second-order valence-electron chi connectivity index (χ2n) is 9.26. The maximum absolute atomic E-state index is 14.2. The predicted molar refractivity (Wildman–Crippen MR) is 151 cm³/mol. The van der Waals surface area contributed by atoms with Gasteiger partial charge in [-0.3, -0.25) is 9.88 Å². The number of nitrogens with one attached hydrogen (secondary N) is 2. The van der Waals surface area contributed by atoms with Crippen molar-refractivity contribution in [2.45, 2.75) is 39.7 Å². The van der Waals surface area contributed by atoms with Crippen molar-refractivity contribution < 1.29 is 9.13 Å². The minimum atomic E-state index is -0.468. The number of morpholine rings is 1. The van der Waals surface area contributed by atoms with Crippen molar-refractivity contribution in [1.29, 1.82) is 0 Å². The summed E-state index contributed by atoms with van der Waals surface area (Å²) in [5.41, 5.74) is 6.64. The van der Waals surface area contributed by atoms with Gasteiger partial charge in [-0.05, 0) is 55.8 Å². The van der Waals surface area contributed by atoms with Crippen molar-refractivity contribution in [2.24, 2.45) is 5.10 Å². The fraction of sp³-hybridized carbons (Fsp3) is 0.429. The van der Waals surface area contributed by atoms with E-state index < -0.39 is 5.82 Å². The smallest absolute Gasteiger partial charge is 0.245 e. The Labute approximate surface area is 224 Å². The summed E-state index contributed by atoms with van der Waals surface area (Å²) in [6, 6.07) is 12.4. The highest BCUT2D eigenvalue weighted by atomic mass is 19.1. The second kappa shape index (κ2) is 14.3. The molecule has 0 aliphatic carbocycles. The first-order chi connectivity index (χ1) is 18.6. The van der Waals surface area contributed by atoms with Crippen molar-refractivity contribution in [3.8, 4) is 0 Å². The molecule has 1 fully saturated rings. The number of ether oxygens (including phenoxy) is 1. The number of aromatic nitrogens is 3. The molecule has 0 bridgehead atoms. The Morgan fingerprint density at radius 1 is 1.05 bits per heavy atom. The fourth-order valence-corrected chi connectivity index (χ4v) is 4.25. The summed E-state index contributed by atoms with van der Waals surface area (Å²) in [6.45, 7) is 9.96. The molecule has 0 unspecified atom stereocenters. The summed E-state index contributed by atoms with van der Waals surface area (Å²) in [6.07, 6.45) is 8.06. The SMILES string of the molecule is CCCCN(CCC)Cc1ccc(Nc2ccnc(/C=N/Nc3ncc(F)c(N4CCOCC4)n3)c2)cc1. The Morgan fingerprint density at radius 3 is 2.63 bits per heavy atom. The van der Waals surface area contributed by atoms with Gasteiger partial charge in [-0.25, -0.2) is 14.8 Å². The molecule has 0 saturated carbocycles. The molecule has 202 valence electrons. The van der Waals surface area contributed by atoms with Crippen molar-refractivity contribution in [2.75, 3.05) is 55.0 Å². The molecule has 1 saturated heterocycles. The quantitative estimate of drug-likeness (QED) is 0.239. The van der Waals surface area contributed by atoms with E-state index in [2.05, 4.69) is 73.8 Å². The molecule has 0 spiro atoms. The highest BCUT2D eigenvalue weighted by Gasteiger charge is 2.17. The van der Waals surface area contributed by atoms with Crippen molar-refractivity contribution in [1.82, 2.24) is 19.9 Å². The fourth-order valence-electron chi connectivity index (χ4n) is 4.25. The Bertz CT molecular complexity index is 1170. The van der Waals surface area contributed by atoms with Crippen LogP contribution in [-0.4, -0.2) is 65.5 Å². The van der Waals surface area contributed by atoms with E-state index in [1.54, 1.807) is 12.4 Å². The number of nitrogens with zero attached hydrogens (tertiary/aromatic N) is 6. The maximum atomic E-state index is 14.2. The number of halogens is 1. The molecule has 2 N–H and O–H groups in total. The zero-order valence-corrected chi connectivity index (χ0v) is 22.2. The van der Waals surface area contributed by atoms with Gasteiger partial charge < -0.3 is 15.0 Å². The highest BCUT2D eigenvalue weighted by Crippen LogP contribution is 2.20. The summed E-state index contributed by atoms with van der Waals surface area (Å²) in [7, 11) is 0. The number of hydrogen-bond donors (Lipinski definition) is 2. The molecule has 0 atom stereocenters. The number of rotatable bonds is 13. The molecule has 1 aliphatic heterocycles. The number of pyridine rings is 1. The molecule has 4 rings (SSSR count). The molecule has 2 aromatic heterocycles. The van der Waals surface area contributed by atoms with Gasteiger partial charge in [-0.2, -0.15) is 10.1 Å². The van der Waals surface area contributed by atoms with Gasteiger partial charge in [-0.1, -0.05) is 32.4 Å². The number of anilines is 4. The van der Waals surface area contributed by atoms with Crippen LogP contribution in [0.5, 0.6) is 0 Å². The summed E-state index contributed by atoms with van der Waals surface area (Å²) in [5.74, 6) is -0.00855. The van der Waals surface area contributed by atoms with Crippen LogP contribution in [0.25, 0.3) is 0 Å². The summed E-state index contributed by atoms with van der Waals surface area (Å²) < 4.78 is 19.6. The van der Waals surface area contributed by atoms with Gasteiger partial charge in [0.2, 0.25) is 5.95 Å². The first-order valence-corrected chi connectivity index (χ1v) is 13.3. The number of unbranched alkanes of at least 4 members (excludes halogenated alkanes) is 1. The van der Waals surface area contributed by atoms with Gasteiger partial charge in [0.05, 0.1) is 31.3 Å². The minimum absolute atomic E-state index is 0.214. The largest absolute Gasteiger partial charge is 0.378 e. The van der Waals surface area contributed by atoms with Gasteiger partial charge in [0.25, 0.3) is 0 Å². The predicted octanol–water partition coefficient (Wildman–Crippen LogP) is 5.05. The monoisotopic (exact) mass is 520 g/mol. The normalized spacial score (nSPS) is 13.8. The Balaban J connectivity index is 1.33. The van der Waals surface area contributed by atoms with Crippen LogP contribution >= 0.6 is 0 Å². The van der Waals surface area contributed by atoms with E-state index >= 15 is 0 Å². The van der Waals surface area contributed by atoms with Crippen LogP contribution < -0.4 is 15.6 Å². The molecule has 0 amide bonds. The van der Waals surface area contributed by atoms with E-state index in [0.717, 1.165) is 37.2 Å². The molecule has 1 aliphatic rings. The van der Waals surface area contributed by atoms with Crippen LogP contribution in [0.4, 0.5) is 27.5 Å². The molecule has 0 radical (unpaired) electrons. The van der Waals surface area contributed by atoms with Crippen molar-refractivity contribution in [3.63, 3.8) is 0 Å². The maximum Gasteiger partial charge on any atom is 0.245 e. The van der Waals surface area contributed by atoms with Crippen LogP contribution in [0, 0.1) is 5.82 Å². The van der Waals surface area contributed by atoms with E-state index in [-0.39, 0.29) is 11.8 Å².